The third kappa shape index (κ3) is 13.3. The van der Waals surface area contributed by atoms with Crippen molar-refractivity contribution in [2.24, 2.45) is 0 Å². The van der Waals surface area contributed by atoms with Gasteiger partial charge in [0.05, 0.1) is 37.8 Å². The molecule has 0 radical (unpaired) electrons. The fourth-order valence-corrected chi connectivity index (χ4v) is 13.8. The highest BCUT2D eigenvalue weighted by molar-refractivity contribution is 5.91. The molecule has 9 heterocycles. The third-order valence-corrected chi connectivity index (χ3v) is 19.4. The van der Waals surface area contributed by atoms with Crippen LogP contribution in [0.15, 0.2) is 145 Å². The van der Waals surface area contributed by atoms with E-state index in [2.05, 4.69) is 20.3 Å². The fraction of sp³-hybridized carbons (Fsp3) is 0.400. The lowest BCUT2D eigenvalue weighted by atomic mass is 9.76. The number of halogens is 6. The Morgan fingerprint density at radius 1 is 0.321 bits per heavy atom. The number of hydrogen-bond donors (Lipinski definition) is 22. The van der Waals surface area contributed by atoms with Crippen molar-refractivity contribution >= 4 is 22.3 Å². The molecular weight excluding hydrogens is 1430 g/mol. The molecule has 30 nitrogen and oxygen atoms in total. The van der Waals surface area contributed by atoms with Gasteiger partial charge >= 0.3 is 12.4 Å². The summed E-state index contributed by atoms with van der Waals surface area (Å²) in [4.78, 5) is 9.34. The number of nitrogens with one attached hydrogen (secondary N) is 4. The van der Waals surface area contributed by atoms with Crippen molar-refractivity contribution in [2.75, 3.05) is 26.4 Å². The molecule has 22 N–H and O–H groups in total. The maximum atomic E-state index is 17.1. The Morgan fingerprint density at radius 2 is 0.566 bits per heavy atom. The smallest absolute Gasteiger partial charge is 0.426 e. The molecule has 0 aliphatic carbocycles. The molecule has 0 saturated carbocycles. The minimum atomic E-state index is -6.63. The summed E-state index contributed by atoms with van der Waals surface area (Å²) >= 11 is 0. The quantitative estimate of drug-likeness (QED) is 0.0419. The maximum Gasteiger partial charge on any atom is 0.426 e. The number of alkyl halides is 6. The monoisotopic (exact) mass is 1500 g/mol. The Morgan fingerprint density at radius 3 is 0.811 bits per heavy atom. The van der Waals surface area contributed by atoms with Crippen molar-refractivity contribution in [1.82, 2.24) is 20.3 Å². The molecule has 36 heteroatoms. The molecule has 3 aromatic heterocycles. The van der Waals surface area contributed by atoms with E-state index in [4.69, 9.17) is 37.9 Å². The zero-order valence-corrected chi connectivity index (χ0v) is 54.7. The molecule has 0 spiro atoms. The Hall–Kier alpha value is -8.36. The first kappa shape index (κ1) is 75.9. The van der Waals surface area contributed by atoms with Gasteiger partial charge in [0.25, 0.3) is 0 Å². The fourth-order valence-electron chi connectivity index (χ4n) is 13.8. The second-order valence-electron chi connectivity index (χ2n) is 26.0. The van der Waals surface area contributed by atoms with Gasteiger partial charge in [0.2, 0.25) is 36.4 Å². The average molecular weight is 1500 g/mol. The van der Waals surface area contributed by atoms with Gasteiger partial charge < -0.3 is 150 Å². The van der Waals surface area contributed by atoms with E-state index in [0.717, 1.165) is 60.7 Å². The number of aromatic nitrogens is 3. The van der Waals surface area contributed by atoms with Gasteiger partial charge in [-0.25, -0.2) is 0 Å². The molecule has 6 aliphatic rings. The van der Waals surface area contributed by atoms with E-state index in [1.807, 2.05) is 0 Å². The molecular formula is C70H72F6N4O26. The van der Waals surface area contributed by atoms with E-state index in [9.17, 15) is 91.9 Å². The summed E-state index contributed by atoms with van der Waals surface area (Å²) in [5.74, 6) is -1.25. The first-order valence-electron chi connectivity index (χ1n) is 32.8. The molecule has 10 unspecified atom stereocenters. The SMILES string of the molecule is OCC1O[C@@H](Oc2cccc(C3=C4NC(=C(c5cccc(OC6O[C@H](CO)C(O)[C@@H](O)[C@H]6O)c5)c5ccc([nH]5)C(c5cccc(O[C@@H]6OC(CO)[C@@H](O)[C@H](O)C6O)c5)=c5ccc([nH]5)=C(c5cccc(O[C@@H]6OC(CO)[C@@H](O)[C@H](O)C6O)c5)c5ccc3[nH]5)C(O)(C(F)(F)F)C4(O)C(F)(F)F)c2)C(O)[C@@H](O)[C@@H]1O. The van der Waals surface area contributed by atoms with Crippen LogP contribution >= 0.6 is 0 Å². The van der Waals surface area contributed by atoms with Crippen molar-refractivity contribution in [1.29, 1.82) is 0 Å². The second-order valence-corrected chi connectivity index (χ2v) is 26.0. The number of benzene rings is 4. The molecule has 4 aromatic carbocycles. The predicted octanol–water partition coefficient (Wildman–Crippen LogP) is -3.40. The van der Waals surface area contributed by atoms with Crippen LogP contribution in [-0.2, 0) is 18.9 Å². The van der Waals surface area contributed by atoms with Crippen LogP contribution in [0.3, 0.4) is 0 Å². The van der Waals surface area contributed by atoms with Crippen molar-refractivity contribution in [3.63, 3.8) is 0 Å². The lowest BCUT2D eigenvalue weighted by molar-refractivity contribution is -0.353. The van der Waals surface area contributed by atoms with Crippen LogP contribution in [0.2, 0.25) is 0 Å². The molecule has 0 amide bonds. The van der Waals surface area contributed by atoms with Crippen LogP contribution < -0.4 is 35.0 Å². The first-order chi connectivity index (χ1) is 50.3. The van der Waals surface area contributed by atoms with E-state index in [1.165, 1.54) is 72.8 Å². The van der Waals surface area contributed by atoms with Crippen molar-refractivity contribution < 1.29 is 156 Å². The normalized spacial score (nSPS) is 33.7. The topological polar surface area (TPSA) is 497 Å². The molecule has 6 aliphatic heterocycles. The van der Waals surface area contributed by atoms with Crippen LogP contribution in [0, 0.1) is 0 Å². The van der Waals surface area contributed by atoms with Gasteiger partial charge in [-0.1, -0.05) is 48.5 Å². The van der Waals surface area contributed by atoms with Crippen LogP contribution in [0.5, 0.6) is 23.0 Å². The third-order valence-electron chi connectivity index (χ3n) is 19.4. The summed E-state index contributed by atoms with van der Waals surface area (Å²) in [6.45, 7) is -3.58. The minimum absolute atomic E-state index is 0.0325. The summed E-state index contributed by atoms with van der Waals surface area (Å²) in [5.41, 5.74) is -19.2. The summed E-state index contributed by atoms with van der Waals surface area (Å²) in [7, 11) is 0. The Labute approximate surface area is 593 Å². The zero-order chi connectivity index (χ0) is 76.0. The summed E-state index contributed by atoms with van der Waals surface area (Å²) in [6, 6.07) is 27.4. The number of hydrogen-bond acceptors (Lipinski definition) is 27. The van der Waals surface area contributed by atoms with Crippen LogP contribution in [0.1, 0.15) is 45.0 Å². The van der Waals surface area contributed by atoms with Crippen LogP contribution in [-0.4, -0.2) is 280 Å². The summed E-state index contributed by atoms with van der Waals surface area (Å²) in [6.07, 6.45) is -50.2. The van der Waals surface area contributed by atoms with E-state index in [-0.39, 0.29) is 55.9 Å². The molecule has 8 bridgehead atoms. The van der Waals surface area contributed by atoms with E-state index in [1.54, 1.807) is 0 Å². The molecule has 570 valence electrons. The van der Waals surface area contributed by atoms with Gasteiger partial charge in [-0.15, -0.1) is 0 Å². The average Bonchev–Trinajstić information content (AvgIpc) is 1.50. The number of H-pyrrole nitrogens is 3. The second kappa shape index (κ2) is 29.3. The molecule has 7 aromatic rings. The first-order valence-corrected chi connectivity index (χ1v) is 32.8. The molecule has 13 rings (SSSR count). The highest BCUT2D eigenvalue weighted by atomic mass is 19.4. The predicted molar refractivity (Wildman–Crippen MR) is 345 cm³/mol. The van der Waals surface area contributed by atoms with Crippen LogP contribution in [0.25, 0.3) is 22.3 Å². The lowest BCUT2D eigenvalue weighted by Gasteiger charge is -2.40. The van der Waals surface area contributed by atoms with Crippen molar-refractivity contribution in [3.8, 4) is 23.0 Å². The summed E-state index contributed by atoms with van der Waals surface area (Å²) in [5, 5.41) is 198. The zero-order valence-electron chi connectivity index (χ0n) is 54.7. The van der Waals surface area contributed by atoms with E-state index < -0.39 is 229 Å². The van der Waals surface area contributed by atoms with E-state index in [0.29, 0.717) is 0 Å². The summed E-state index contributed by atoms with van der Waals surface area (Å²) < 4.78 is 149. The van der Waals surface area contributed by atoms with Gasteiger partial charge in [-0.2, -0.15) is 26.3 Å². The molecule has 22 atom stereocenters. The van der Waals surface area contributed by atoms with Crippen LogP contribution in [0.4, 0.5) is 26.3 Å². The number of aliphatic hydroxyl groups is 18. The number of aliphatic hydroxyl groups excluding tert-OH is 16. The van der Waals surface area contributed by atoms with Gasteiger partial charge in [-0.3, -0.25) is 0 Å². The molecule has 106 heavy (non-hydrogen) atoms. The Bertz CT molecular complexity index is 4270. The molecule has 5 saturated heterocycles. The number of aromatic amines is 3. The molecule has 5 fully saturated rings. The number of rotatable bonds is 16. The highest BCUT2D eigenvalue weighted by Gasteiger charge is 2.83. The van der Waals surface area contributed by atoms with Crippen molar-refractivity contribution in [3.05, 3.63) is 201 Å². The van der Waals surface area contributed by atoms with Crippen molar-refractivity contribution in [2.45, 2.75) is 146 Å². The maximum absolute atomic E-state index is 17.1. The van der Waals surface area contributed by atoms with Gasteiger partial charge in [-0.05, 0) is 107 Å². The Balaban J connectivity index is 1.10. The highest BCUT2D eigenvalue weighted by Crippen LogP contribution is 2.60. The largest absolute Gasteiger partial charge is 0.462 e. The lowest BCUT2D eigenvalue weighted by Crippen LogP contribution is -2.67. The van der Waals surface area contributed by atoms with E-state index >= 15 is 26.3 Å². The number of ether oxygens (including phenoxy) is 8. The van der Waals surface area contributed by atoms with Gasteiger partial charge in [0.1, 0.15) is 121 Å². The van der Waals surface area contributed by atoms with Gasteiger partial charge in [0.15, 0.2) is 0 Å². The minimum Gasteiger partial charge on any atom is -0.462 e. The Kier molecular flexibility index (Phi) is 21.0. The number of fused-ring (bicyclic) bond motifs is 8. The van der Waals surface area contributed by atoms with Gasteiger partial charge in [0, 0.05) is 55.8 Å². The standard InChI is InChI=1S/C70H72F6N4O26/c71-69(72,73)67(97)61-47(29-7-3-11-33(21-29)101-65-59(95)55(91)51(87)43(25-83)105-65)39-17-15-37(78-39)45(27-5-1-9-31(19-27)99-63-57(93)53(89)49(85)41(23-81)103-63)35-13-14-36(77-35)46(28-6-2-10-32(20-28)100-64-58(94)54(90)50(86)42(24-82)104-64)38-16-18-40(79-38)48(62(80-61)68(67,98)70(74,75)76)30-8-4-12-34(22-30)102-66-60(96)56(92)52(88)44(26-84)106-66/h1-22,41-44,49-60,63-66,77-98H,23-26H2/t41?,42?,43-,44?,49-,50-,51?,52-,53+,54+,55-,56+,57?,58?,59-,60?,63-,64-,65?,66-,67?,68?/m1/s1.